The number of urea groups is 1. The van der Waals surface area contributed by atoms with Crippen molar-refractivity contribution in [2.75, 3.05) is 20.8 Å². The van der Waals surface area contributed by atoms with Gasteiger partial charge >= 0.3 is 6.03 Å². The van der Waals surface area contributed by atoms with E-state index in [1.165, 1.54) is 17.0 Å². The van der Waals surface area contributed by atoms with Gasteiger partial charge in [0.15, 0.2) is 0 Å². The van der Waals surface area contributed by atoms with Gasteiger partial charge in [0.05, 0.1) is 26.8 Å². The molecule has 1 atom stereocenters. The molecule has 0 aliphatic rings. The maximum Gasteiger partial charge on any atom is 0.318 e. The maximum absolute atomic E-state index is 13.1. The third kappa shape index (κ3) is 6.07. The number of terminal acetylenes is 1. The molecular weight excluding hydrogens is 383 g/mol. The Morgan fingerprint density at radius 2 is 1.89 bits per heavy atom. The number of hydrogen-bond donors (Lipinski definition) is 1. The van der Waals surface area contributed by atoms with Crippen LogP contribution in [0.15, 0.2) is 42.5 Å². The average Bonchev–Trinajstić information content (AvgIpc) is 2.68. The van der Waals surface area contributed by atoms with Crippen molar-refractivity contribution in [3.05, 3.63) is 59.4 Å². The molecule has 0 aliphatic carbocycles. The molecule has 2 amide bonds. The topological polar surface area (TPSA) is 50.8 Å². The standard InChI is InChI=1S/C21H23FN2O3.ClH/c1-5-12-24(14-16-6-8-17(22)9-7-16)21(25)23-15(2)19-13-18(26-3)10-11-20(19)27-4;/h1,6-11,13,15H,12,14H2,2-4H3,(H,23,25);1H. The van der Waals surface area contributed by atoms with E-state index in [0.29, 0.717) is 11.5 Å². The molecule has 0 saturated heterocycles. The van der Waals surface area contributed by atoms with Crippen LogP contribution in [-0.2, 0) is 6.54 Å². The fourth-order valence-electron chi connectivity index (χ4n) is 2.65. The first kappa shape index (κ1) is 23.1. The Morgan fingerprint density at radius 3 is 2.46 bits per heavy atom. The minimum Gasteiger partial charge on any atom is -0.497 e. The largest absolute Gasteiger partial charge is 0.497 e. The van der Waals surface area contributed by atoms with Crippen LogP contribution in [0, 0.1) is 18.2 Å². The lowest BCUT2D eigenvalue weighted by Crippen LogP contribution is -2.41. The second kappa shape index (κ2) is 11.1. The molecule has 150 valence electrons. The van der Waals surface area contributed by atoms with E-state index in [-0.39, 0.29) is 43.4 Å². The first-order valence-electron chi connectivity index (χ1n) is 8.43. The summed E-state index contributed by atoms with van der Waals surface area (Å²) in [4.78, 5) is 14.2. The Kier molecular flexibility index (Phi) is 9.13. The second-order valence-corrected chi connectivity index (χ2v) is 5.97. The van der Waals surface area contributed by atoms with Crippen molar-refractivity contribution in [2.24, 2.45) is 0 Å². The monoisotopic (exact) mass is 406 g/mol. The van der Waals surface area contributed by atoms with Crippen LogP contribution in [0.25, 0.3) is 0 Å². The number of nitrogens with zero attached hydrogens (tertiary/aromatic N) is 1. The predicted octanol–water partition coefficient (Wildman–Crippen LogP) is 4.17. The number of halogens is 2. The minimum atomic E-state index is -0.337. The second-order valence-electron chi connectivity index (χ2n) is 5.97. The average molecular weight is 407 g/mol. The number of benzene rings is 2. The summed E-state index contributed by atoms with van der Waals surface area (Å²) >= 11 is 0. The van der Waals surface area contributed by atoms with Crippen LogP contribution in [0.4, 0.5) is 9.18 Å². The van der Waals surface area contributed by atoms with Crippen molar-refractivity contribution < 1.29 is 18.7 Å². The van der Waals surface area contributed by atoms with Crippen molar-refractivity contribution in [1.29, 1.82) is 0 Å². The summed E-state index contributed by atoms with van der Waals surface area (Å²) in [5.41, 5.74) is 1.57. The first-order chi connectivity index (χ1) is 13.0. The first-order valence-corrected chi connectivity index (χ1v) is 8.43. The predicted molar refractivity (Wildman–Crippen MR) is 109 cm³/mol. The SMILES string of the molecule is C#CCN(Cc1ccc(F)cc1)C(=O)NC(C)c1cc(OC)ccc1OC.Cl. The zero-order valence-corrected chi connectivity index (χ0v) is 16.9. The van der Waals surface area contributed by atoms with Gasteiger partial charge in [0, 0.05) is 12.1 Å². The number of hydrogen-bond acceptors (Lipinski definition) is 3. The molecule has 0 heterocycles. The molecule has 5 nitrogen and oxygen atoms in total. The normalized spacial score (nSPS) is 10.8. The molecule has 0 aliphatic heterocycles. The Hall–Kier alpha value is -2.91. The molecule has 2 aromatic rings. The van der Waals surface area contributed by atoms with E-state index < -0.39 is 0 Å². The van der Waals surface area contributed by atoms with Gasteiger partial charge in [0.2, 0.25) is 0 Å². The molecular formula is C21H24ClFN2O3. The van der Waals surface area contributed by atoms with Crippen molar-refractivity contribution in [1.82, 2.24) is 10.2 Å². The quantitative estimate of drug-likeness (QED) is 0.702. The van der Waals surface area contributed by atoms with Crippen molar-refractivity contribution in [3.63, 3.8) is 0 Å². The van der Waals surface area contributed by atoms with E-state index in [1.807, 2.05) is 13.0 Å². The Morgan fingerprint density at radius 1 is 1.21 bits per heavy atom. The molecule has 28 heavy (non-hydrogen) atoms. The fraction of sp³-hybridized carbons (Fsp3) is 0.286. The van der Waals surface area contributed by atoms with E-state index >= 15 is 0 Å². The molecule has 0 fully saturated rings. The van der Waals surface area contributed by atoms with Crippen molar-refractivity contribution >= 4 is 18.4 Å². The van der Waals surface area contributed by atoms with Crippen LogP contribution >= 0.6 is 12.4 Å². The van der Waals surface area contributed by atoms with Gasteiger partial charge in [0.25, 0.3) is 0 Å². The molecule has 2 rings (SSSR count). The number of carbonyl (C=O) groups excluding carboxylic acids is 1. The highest BCUT2D eigenvalue weighted by molar-refractivity contribution is 5.85. The molecule has 7 heteroatoms. The number of rotatable bonds is 7. The number of methoxy groups -OCH3 is 2. The van der Waals surface area contributed by atoms with E-state index in [4.69, 9.17) is 15.9 Å². The van der Waals surface area contributed by atoms with Crippen molar-refractivity contribution in [2.45, 2.75) is 19.5 Å². The molecule has 1 N–H and O–H groups in total. The Balaban J connectivity index is 0.00000392. The summed E-state index contributed by atoms with van der Waals surface area (Å²) in [6.07, 6.45) is 5.40. The summed E-state index contributed by atoms with van der Waals surface area (Å²) < 4.78 is 23.7. The Labute approximate surface area is 171 Å². The van der Waals surface area contributed by atoms with Crippen LogP contribution in [0.2, 0.25) is 0 Å². The van der Waals surface area contributed by atoms with Crippen LogP contribution in [0.1, 0.15) is 24.1 Å². The highest BCUT2D eigenvalue weighted by Crippen LogP contribution is 2.29. The summed E-state index contributed by atoms with van der Waals surface area (Å²) in [5, 5.41) is 2.92. The Bertz CT molecular complexity index is 821. The lowest BCUT2D eigenvalue weighted by atomic mass is 10.1. The van der Waals surface area contributed by atoms with Crippen LogP contribution in [0.3, 0.4) is 0 Å². The van der Waals surface area contributed by atoms with Gasteiger partial charge in [-0.15, -0.1) is 18.8 Å². The molecule has 0 spiro atoms. The molecule has 1 unspecified atom stereocenters. The third-order valence-corrected chi connectivity index (χ3v) is 4.10. The van der Waals surface area contributed by atoms with Crippen molar-refractivity contribution in [3.8, 4) is 23.8 Å². The molecule has 2 aromatic carbocycles. The number of ether oxygens (including phenoxy) is 2. The van der Waals surface area contributed by atoms with E-state index in [9.17, 15) is 9.18 Å². The summed E-state index contributed by atoms with van der Waals surface area (Å²) in [6.45, 7) is 2.25. The summed E-state index contributed by atoms with van der Waals surface area (Å²) in [6, 6.07) is 10.7. The van der Waals surface area contributed by atoms with E-state index in [2.05, 4.69) is 11.2 Å². The summed E-state index contributed by atoms with van der Waals surface area (Å²) in [5.74, 6) is 3.46. The maximum atomic E-state index is 13.1. The van der Waals surface area contributed by atoms with Gasteiger partial charge in [-0.1, -0.05) is 18.1 Å². The van der Waals surface area contributed by atoms with Gasteiger partial charge in [-0.3, -0.25) is 0 Å². The van der Waals surface area contributed by atoms with Gasteiger partial charge in [-0.25, -0.2) is 9.18 Å². The third-order valence-electron chi connectivity index (χ3n) is 4.10. The lowest BCUT2D eigenvalue weighted by molar-refractivity contribution is 0.198. The smallest absolute Gasteiger partial charge is 0.318 e. The van der Waals surface area contributed by atoms with Gasteiger partial charge in [0.1, 0.15) is 17.3 Å². The minimum absolute atomic E-state index is 0. The molecule has 0 saturated carbocycles. The highest BCUT2D eigenvalue weighted by Gasteiger charge is 2.19. The van der Waals surface area contributed by atoms with Crippen LogP contribution < -0.4 is 14.8 Å². The van der Waals surface area contributed by atoms with Gasteiger partial charge in [-0.2, -0.15) is 0 Å². The molecule has 0 bridgehead atoms. The zero-order chi connectivity index (χ0) is 19.8. The van der Waals surface area contributed by atoms with Crippen LogP contribution in [-0.4, -0.2) is 31.7 Å². The van der Waals surface area contributed by atoms with E-state index in [0.717, 1.165) is 11.1 Å². The van der Waals surface area contributed by atoms with Gasteiger partial charge < -0.3 is 19.7 Å². The van der Waals surface area contributed by atoms with E-state index in [1.54, 1.807) is 38.5 Å². The lowest BCUT2D eigenvalue weighted by Gasteiger charge is -2.25. The number of carbonyl (C=O) groups is 1. The van der Waals surface area contributed by atoms with Gasteiger partial charge in [-0.05, 0) is 42.8 Å². The number of nitrogens with one attached hydrogen (secondary N) is 1. The fourth-order valence-corrected chi connectivity index (χ4v) is 2.65. The van der Waals surface area contributed by atoms with Crippen LogP contribution in [0.5, 0.6) is 11.5 Å². The highest BCUT2D eigenvalue weighted by atomic mass is 35.5. The number of amides is 2. The summed E-state index contributed by atoms with van der Waals surface area (Å²) in [7, 11) is 3.14. The molecule has 0 aromatic heterocycles. The molecule has 0 radical (unpaired) electrons. The zero-order valence-electron chi connectivity index (χ0n) is 16.1.